The number of hydrogen-bond donors (Lipinski definition) is 1. The zero-order valence-corrected chi connectivity index (χ0v) is 10.7. The van der Waals surface area contributed by atoms with Crippen molar-refractivity contribution >= 4 is 5.91 Å². The fraction of sp³-hybridized carbons (Fsp3) is 0.231. The van der Waals surface area contributed by atoms with Crippen molar-refractivity contribution in [2.24, 2.45) is 0 Å². The predicted molar refractivity (Wildman–Crippen MR) is 68.0 cm³/mol. The Morgan fingerprint density at radius 1 is 1.42 bits per heavy atom. The number of phenolic OH excluding ortho intramolecular Hbond substituents is 1. The fourth-order valence-electron chi connectivity index (χ4n) is 1.57. The van der Waals surface area contributed by atoms with Gasteiger partial charge in [0.2, 0.25) is 5.91 Å². The first-order valence-corrected chi connectivity index (χ1v) is 5.69. The molecule has 2 aromatic rings. The number of aromatic nitrogens is 2. The number of carbonyl (C=O) groups is 1. The van der Waals surface area contributed by atoms with Crippen LogP contribution in [0.25, 0.3) is 11.1 Å². The van der Waals surface area contributed by atoms with Crippen LogP contribution < -0.4 is 0 Å². The van der Waals surface area contributed by atoms with Crippen LogP contribution in [-0.4, -0.2) is 39.8 Å². The summed E-state index contributed by atoms with van der Waals surface area (Å²) >= 11 is 0. The maximum Gasteiger partial charge on any atom is 0.243 e. The van der Waals surface area contributed by atoms with E-state index in [9.17, 15) is 9.18 Å². The van der Waals surface area contributed by atoms with Crippen LogP contribution in [0, 0.1) is 5.82 Å². The summed E-state index contributed by atoms with van der Waals surface area (Å²) in [5.74, 6) is -1.15. The molecule has 1 aromatic carbocycles. The van der Waals surface area contributed by atoms with Gasteiger partial charge in [-0.05, 0) is 17.7 Å². The Hall–Kier alpha value is -2.37. The van der Waals surface area contributed by atoms with Gasteiger partial charge in [0.1, 0.15) is 6.54 Å². The largest absolute Gasteiger partial charge is 0.505 e. The summed E-state index contributed by atoms with van der Waals surface area (Å²) < 4.78 is 14.7. The number of benzene rings is 1. The Morgan fingerprint density at radius 2 is 2.16 bits per heavy atom. The van der Waals surface area contributed by atoms with Crippen LogP contribution in [0.15, 0.2) is 30.6 Å². The van der Waals surface area contributed by atoms with Crippen molar-refractivity contribution < 1.29 is 14.3 Å². The third-order valence-electron chi connectivity index (χ3n) is 2.71. The minimum absolute atomic E-state index is 0.0773. The number of phenols is 1. The van der Waals surface area contributed by atoms with E-state index in [1.165, 1.54) is 21.7 Å². The molecule has 6 heteroatoms. The van der Waals surface area contributed by atoms with E-state index in [4.69, 9.17) is 5.11 Å². The molecule has 0 aliphatic carbocycles. The predicted octanol–water partition coefficient (Wildman–Crippen LogP) is 1.48. The van der Waals surface area contributed by atoms with E-state index in [0.29, 0.717) is 11.1 Å². The number of aromatic hydroxyl groups is 1. The third-order valence-corrected chi connectivity index (χ3v) is 2.71. The van der Waals surface area contributed by atoms with Crippen LogP contribution in [-0.2, 0) is 11.3 Å². The smallest absolute Gasteiger partial charge is 0.243 e. The summed E-state index contributed by atoms with van der Waals surface area (Å²) in [6, 6.07) is 4.10. The topological polar surface area (TPSA) is 58.4 Å². The first-order chi connectivity index (χ1) is 8.97. The molecule has 0 radical (unpaired) electrons. The third kappa shape index (κ3) is 2.90. The van der Waals surface area contributed by atoms with Gasteiger partial charge in [-0.1, -0.05) is 6.07 Å². The van der Waals surface area contributed by atoms with Gasteiger partial charge in [-0.3, -0.25) is 9.48 Å². The molecule has 1 amide bonds. The van der Waals surface area contributed by atoms with Crippen molar-refractivity contribution in [1.82, 2.24) is 14.7 Å². The number of rotatable bonds is 3. The lowest BCUT2D eigenvalue weighted by Crippen LogP contribution is -2.26. The number of hydrogen-bond acceptors (Lipinski definition) is 3. The highest BCUT2D eigenvalue weighted by atomic mass is 19.1. The Morgan fingerprint density at radius 3 is 2.79 bits per heavy atom. The molecule has 0 aliphatic heterocycles. The molecule has 0 aliphatic rings. The highest BCUT2D eigenvalue weighted by Crippen LogP contribution is 2.24. The minimum atomic E-state index is -0.686. The molecule has 0 saturated carbocycles. The van der Waals surface area contributed by atoms with E-state index in [1.54, 1.807) is 32.6 Å². The van der Waals surface area contributed by atoms with Crippen molar-refractivity contribution in [2.75, 3.05) is 14.1 Å². The maximum atomic E-state index is 13.2. The van der Waals surface area contributed by atoms with Gasteiger partial charge in [0.05, 0.1) is 6.20 Å². The molecule has 1 aromatic heterocycles. The molecule has 100 valence electrons. The van der Waals surface area contributed by atoms with Gasteiger partial charge in [0.25, 0.3) is 0 Å². The van der Waals surface area contributed by atoms with Crippen molar-refractivity contribution in [3.63, 3.8) is 0 Å². The standard InChI is InChI=1S/C13H14FN3O2/c1-16(2)13(19)8-17-7-10(6-15-17)9-3-4-12(18)11(14)5-9/h3-7,18H,8H2,1-2H3. The van der Waals surface area contributed by atoms with E-state index in [0.717, 1.165) is 0 Å². The highest BCUT2D eigenvalue weighted by Gasteiger charge is 2.09. The van der Waals surface area contributed by atoms with Crippen LogP contribution in [0.2, 0.25) is 0 Å². The molecule has 5 nitrogen and oxygen atoms in total. The van der Waals surface area contributed by atoms with E-state index < -0.39 is 5.82 Å². The summed E-state index contributed by atoms with van der Waals surface area (Å²) in [6.07, 6.45) is 3.21. The quantitative estimate of drug-likeness (QED) is 0.912. The lowest BCUT2D eigenvalue weighted by Gasteiger charge is -2.09. The molecule has 0 unspecified atom stereocenters. The zero-order valence-electron chi connectivity index (χ0n) is 10.7. The fourth-order valence-corrected chi connectivity index (χ4v) is 1.57. The van der Waals surface area contributed by atoms with E-state index in [1.807, 2.05) is 0 Å². The Bertz CT molecular complexity index is 608. The number of carbonyl (C=O) groups excluding carboxylic acids is 1. The first kappa shape index (κ1) is 13.1. The van der Waals surface area contributed by atoms with E-state index >= 15 is 0 Å². The molecule has 0 spiro atoms. The molecule has 19 heavy (non-hydrogen) atoms. The summed E-state index contributed by atoms with van der Waals surface area (Å²) in [4.78, 5) is 13.0. The van der Waals surface area contributed by atoms with Gasteiger partial charge >= 0.3 is 0 Å². The van der Waals surface area contributed by atoms with Crippen molar-refractivity contribution in [3.05, 3.63) is 36.4 Å². The van der Waals surface area contributed by atoms with Crippen molar-refractivity contribution in [2.45, 2.75) is 6.54 Å². The second-order valence-electron chi connectivity index (χ2n) is 4.38. The highest BCUT2D eigenvalue weighted by molar-refractivity contribution is 5.75. The van der Waals surface area contributed by atoms with Gasteiger partial charge in [0, 0.05) is 25.9 Å². The number of likely N-dealkylation sites (N-methyl/N-ethyl adjacent to an activating group) is 1. The molecule has 0 fully saturated rings. The van der Waals surface area contributed by atoms with Gasteiger partial charge < -0.3 is 10.0 Å². The Kier molecular flexibility index (Phi) is 3.50. The summed E-state index contributed by atoms with van der Waals surface area (Å²) in [5, 5.41) is 13.2. The molecular weight excluding hydrogens is 249 g/mol. The van der Waals surface area contributed by atoms with Gasteiger partial charge in [-0.25, -0.2) is 4.39 Å². The SMILES string of the molecule is CN(C)C(=O)Cn1cc(-c2ccc(O)c(F)c2)cn1. The average molecular weight is 263 g/mol. The monoisotopic (exact) mass is 263 g/mol. The van der Waals surface area contributed by atoms with Gasteiger partial charge in [0.15, 0.2) is 11.6 Å². The second-order valence-corrected chi connectivity index (χ2v) is 4.38. The molecule has 1 N–H and O–H groups in total. The summed E-state index contributed by atoms with van der Waals surface area (Å²) in [6.45, 7) is 0.133. The average Bonchev–Trinajstić information content (AvgIpc) is 2.81. The van der Waals surface area contributed by atoms with Gasteiger partial charge in [-0.2, -0.15) is 5.10 Å². The molecule has 1 heterocycles. The lowest BCUT2D eigenvalue weighted by atomic mass is 10.1. The molecule has 2 rings (SSSR count). The van der Waals surface area contributed by atoms with E-state index in [2.05, 4.69) is 5.10 Å². The molecule has 0 atom stereocenters. The number of amides is 1. The zero-order chi connectivity index (χ0) is 14.0. The van der Waals surface area contributed by atoms with Crippen molar-refractivity contribution in [1.29, 1.82) is 0 Å². The second kappa shape index (κ2) is 5.09. The normalized spacial score (nSPS) is 10.5. The lowest BCUT2D eigenvalue weighted by molar-refractivity contribution is -0.129. The Balaban J connectivity index is 2.21. The van der Waals surface area contributed by atoms with Crippen LogP contribution in [0.5, 0.6) is 5.75 Å². The molecule has 0 saturated heterocycles. The van der Waals surface area contributed by atoms with Crippen molar-refractivity contribution in [3.8, 4) is 16.9 Å². The maximum absolute atomic E-state index is 13.2. The molecular formula is C13H14FN3O2. The summed E-state index contributed by atoms with van der Waals surface area (Å²) in [7, 11) is 3.34. The number of halogens is 1. The Labute approximate surface area is 109 Å². The summed E-state index contributed by atoms with van der Waals surface area (Å²) in [5.41, 5.74) is 1.28. The molecule has 0 bridgehead atoms. The van der Waals surface area contributed by atoms with Crippen LogP contribution in [0.3, 0.4) is 0 Å². The van der Waals surface area contributed by atoms with Crippen LogP contribution in [0.1, 0.15) is 0 Å². The van der Waals surface area contributed by atoms with E-state index in [-0.39, 0.29) is 18.2 Å². The number of nitrogens with zero attached hydrogens (tertiary/aromatic N) is 3. The minimum Gasteiger partial charge on any atom is -0.505 e. The van der Waals surface area contributed by atoms with Crippen LogP contribution in [0.4, 0.5) is 4.39 Å². The first-order valence-electron chi connectivity index (χ1n) is 5.69. The van der Waals surface area contributed by atoms with Crippen LogP contribution >= 0.6 is 0 Å². The van der Waals surface area contributed by atoms with Gasteiger partial charge in [-0.15, -0.1) is 0 Å².